The number of aromatic nitrogens is 1. The van der Waals surface area contributed by atoms with Gasteiger partial charge >= 0.3 is 0 Å². The highest BCUT2D eigenvalue weighted by molar-refractivity contribution is 6.00. The molecule has 0 spiro atoms. The molecule has 0 atom stereocenters. The van der Waals surface area contributed by atoms with Gasteiger partial charge in [0.2, 0.25) is 0 Å². The van der Waals surface area contributed by atoms with Gasteiger partial charge in [0.05, 0.1) is 7.11 Å². The van der Waals surface area contributed by atoms with E-state index in [9.17, 15) is 4.79 Å². The van der Waals surface area contributed by atoms with E-state index in [1.807, 2.05) is 42.6 Å². The molecule has 0 aliphatic rings. The first kappa shape index (κ1) is 13.3. The number of carbonyl (C=O) groups excluding carboxylic acids is 1. The van der Waals surface area contributed by atoms with Crippen molar-refractivity contribution in [3.8, 4) is 16.9 Å². The van der Waals surface area contributed by atoms with Crippen molar-refractivity contribution in [1.82, 2.24) is 4.98 Å². The molecule has 3 rings (SSSR count). The molecule has 2 aromatic carbocycles. The molecule has 104 valence electrons. The molecule has 0 saturated heterocycles. The van der Waals surface area contributed by atoms with Crippen LogP contribution in [0.3, 0.4) is 0 Å². The molecule has 0 N–H and O–H groups in total. The van der Waals surface area contributed by atoms with Crippen molar-refractivity contribution < 1.29 is 9.53 Å². The smallest absolute Gasteiger partial charge is 0.159 e. The summed E-state index contributed by atoms with van der Waals surface area (Å²) in [4.78, 5) is 15.8. The molecule has 0 saturated carbocycles. The van der Waals surface area contributed by atoms with E-state index in [1.165, 1.54) is 0 Å². The molecule has 21 heavy (non-hydrogen) atoms. The number of ketones is 1. The van der Waals surface area contributed by atoms with Gasteiger partial charge in [-0.1, -0.05) is 18.2 Å². The van der Waals surface area contributed by atoms with Crippen LogP contribution in [-0.2, 0) is 0 Å². The molecule has 0 aliphatic carbocycles. The van der Waals surface area contributed by atoms with Crippen molar-refractivity contribution in [1.29, 1.82) is 0 Å². The number of Topliss-reactive ketones (excluding diaryl/α,β-unsaturated/α-hetero) is 1. The lowest BCUT2D eigenvalue weighted by Gasteiger charge is -2.10. The van der Waals surface area contributed by atoms with Crippen LogP contribution in [0.2, 0.25) is 0 Å². The quantitative estimate of drug-likeness (QED) is 0.676. The number of fused-ring (bicyclic) bond motifs is 1. The summed E-state index contributed by atoms with van der Waals surface area (Å²) in [5, 5.41) is 2.18. The van der Waals surface area contributed by atoms with Gasteiger partial charge in [-0.25, -0.2) is 0 Å². The largest absolute Gasteiger partial charge is 0.497 e. The molecule has 0 fully saturated rings. The normalized spacial score (nSPS) is 10.6. The molecule has 1 heterocycles. The van der Waals surface area contributed by atoms with Gasteiger partial charge in [0.1, 0.15) is 5.75 Å². The maximum atomic E-state index is 11.7. The predicted octanol–water partition coefficient (Wildman–Crippen LogP) is 4.11. The molecule has 3 heteroatoms. The van der Waals surface area contributed by atoms with E-state index >= 15 is 0 Å². The van der Waals surface area contributed by atoms with Gasteiger partial charge in [-0.3, -0.25) is 9.78 Å². The Balaban J connectivity index is 2.27. The lowest BCUT2D eigenvalue weighted by molar-refractivity contribution is 0.101. The Morgan fingerprint density at radius 1 is 1.14 bits per heavy atom. The number of hydrogen-bond donors (Lipinski definition) is 0. The fourth-order valence-corrected chi connectivity index (χ4v) is 2.45. The lowest BCUT2D eigenvalue weighted by Crippen LogP contribution is -1.95. The summed E-state index contributed by atoms with van der Waals surface area (Å²) in [6.07, 6.45) is 3.61. The number of methoxy groups -OCH3 is 1. The van der Waals surface area contributed by atoms with Crippen molar-refractivity contribution in [2.45, 2.75) is 6.92 Å². The van der Waals surface area contributed by atoms with E-state index in [4.69, 9.17) is 4.74 Å². The number of rotatable bonds is 3. The Hall–Kier alpha value is -2.68. The zero-order valence-electron chi connectivity index (χ0n) is 12.0. The SMILES string of the molecule is COc1cc(C(C)=O)cc(-c2cccc3cnccc23)c1. The van der Waals surface area contributed by atoms with Crippen LogP contribution < -0.4 is 4.74 Å². The first-order valence-corrected chi connectivity index (χ1v) is 6.72. The summed E-state index contributed by atoms with van der Waals surface area (Å²) in [5.41, 5.74) is 2.68. The van der Waals surface area contributed by atoms with E-state index in [2.05, 4.69) is 4.98 Å². The summed E-state index contributed by atoms with van der Waals surface area (Å²) in [7, 11) is 1.61. The highest BCUT2D eigenvalue weighted by Gasteiger charge is 2.09. The Kier molecular flexibility index (Phi) is 3.40. The van der Waals surface area contributed by atoms with E-state index in [1.54, 1.807) is 26.3 Å². The second kappa shape index (κ2) is 5.37. The minimum absolute atomic E-state index is 0.0250. The standard InChI is InChI=1S/C18H15NO2/c1-12(20)14-8-15(10-16(9-14)21-2)17-5-3-4-13-11-19-7-6-18(13)17/h3-11H,1-2H3. The monoisotopic (exact) mass is 277 g/mol. The summed E-state index contributed by atoms with van der Waals surface area (Å²) in [5.74, 6) is 0.709. The van der Waals surface area contributed by atoms with Crippen molar-refractivity contribution in [2.24, 2.45) is 0 Å². The Morgan fingerprint density at radius 2 is 2.00 bits per heavy atom. The van der Waals surface area contributed by atoms with Gasteiger partial charge in [-0.15, -0.1) is 0 Å². The highest BCUT2D eigenvalue weighted by Crippen LogP contribution is 2.31. The maximum absolute atomic E-state index is 11.7. The van der Waals surface area contributed by atoms with Crippen molar-refractivity contribution in [3.05, 3.63) is 60.4 Å². The Labute approximate surface area is 123 Å². The first-order valence-electron chi connectivity index (χ1n) is 6.72. The number of carbonyl (C=O) groups is 1. The summed E-state index contributed by atoms with van der Waals surface area (Å²) in [6.45, 7) is 1.56. The zero-order valence-corrected chi connectivity index (χ0v) is 12.0. The Morgan fingerprint density at radius 3 is 2.76 bits per heavy atom. The number of ether oxygens (including phenoxy) is 1. The van der Waals surface area contributed by atoms with E-state index in [0.29, 0.717) is 11.3 Å². The van der Waals surface area contributed by atoms with Gasteiger partial charge in [-0.05, 0) is 47.7 Å². The van der Waals surface area contributed by atoms with Crippen molar-refractivity contribution in [3.63, 3.8) is 0 Å². The molecule has 3 aromatic rings. The van der Waals surface area contributed by atoms with Crippen LogP contribution in [0.25, 0.3) is 21.9 Å². The van der Waals surface area contributed by atoms with Gasteiger partial charge in [0, 0.05) is 23.3 Å². The van der Waals surface area contributed by atoms with Gasteiger partial charge in [0.15, 0.2) is 5.78 Å². The third-order valence-electron chi connectivity index (χ3n) is 3.54. The number of nitrogens with zero attached hydrogens (tertiary/aromatic N) is 1. The van der Waals surface area contributed by atoms with Gasteiger partial charge in [-0.2, -0.15) is 0 Å². The predicted molar refractivity (Wildman–Crippen MR) is 83.7 cm³/mol. The van der Waals surface area contributed by atoms with E-state index in [-0.39, 0.29) is 5.78 Å². The van der Waals surface area contributed by atoms with Crippen LogP contribution >= 0.6 is 0 Å². The molecule has 0 amide bonds. The summed E-state index contributed by atoms with van der Waals surface area (Å²) in [6, 6.07) is 13.7. The van der Waals surface area contributed by atoms with E-state index < -0.39 is 0 Å². The molecule has 0 radical (unpaired) electrons. The average Bonchev–Trinajstić information content (AvgIpc) is 2.53. The molecule has 1 aromatic heterocycles. The minimum Gasteiger partial charge on any atom is -0.497 e. The Bertz CT molecular complexity index is 819. The molecule has 0 aliphatic heterocycles. The molecular formula is C18H15NO2. The van der Waals surface area contributed by atoms with Gasteiger partial charge < -0.3 is 4.74 Å². The summed E-state index contributed by atoms with van der Waals surface area (Å²) < 4.78 is 5.31. The fraction of sp³-hybridized carbons (Fsp3) is 0.111. The van der Waals surface area contributed by atoms with Crippen LogP contribution in [0.1, 0.15) is 17.3 Å². The van der Waals surface area contributed by atoms with Crippen molar-refractivity contribution >= 4 is 16.6 Å². The average molecular weight is 277 g/mol. The van der Waals surface area contributed by atoms with Crippen LogP contribution in [-0.4, -0.2) is 17.9 Å². The second-order valence-electron chi connectivity index (χ2n) is 4.91. The van der Waals surface area contributed by atoms with Crippen molar-refractivity contribution in [2.75, 3.05) is 7.11 Å². The lowest BCUT2D eigenvalue weighted by atomic mass is 9.97. The third-order valence-corrected chi connectivity index (χ3v) is 3.54. The number of benzene rings is 2. The van der Waals surface area contributed by atoms with Crippen LogP contribution in [0.4, 0.5) is 0 Å². The first-order chi connectivity index (χ1) is 10.2. The highest BCUT2D eigenvalue weighted by atomic mass is 16.5. The topological polar surface area (TPSA) is 39.2 Å². The molecule has 3 nitrogen and oxygen atoms in total. The van der Waals surface area contributed by atoms with Crippen LogP contribution in [0.5, 0.6) is 5.75 Å². The maximum Gasteiger partial charge on any atom is 0.159 e. The number of pyridine rings is 1. The molecule has 0 unspecified atom stereocenters. The fourth-order valence-electron chi connectivity index (χ4n) is 2.45. The van der Waals surface area contributed by atoms with E-state index in [0.717, 1.165) is 21.9 Å². The third kappa shape index (κ3) is 2.50. The molecule has 0 bridgehead atoms. The van der Waals surface area contributed by atoms with Crippen LogP contribution in [0.15, 0.2) is 54.9 Å². The molecular weight excluding hydrogens is 262 g/mol. The second-order valence-corrected chi connectivity index (χ2v) is 4.91. The minimum atomic E-state index is 0.0250. The number of hydrogen-bond acceptors (Lipinski definition) is 3. The zero-order chi connectivity index (χ0) is 14.8. The van der Waals surface area contributed by atoms with Crippen LogP contribution in [0, 0.1) is 0 Å². The summed E-state index contributed by atoms with van der Waals surface area (Å²) >= 11 is 0. The van der Waals surface area contributed by atoms with Gasteiger partial charge in [0.25, 0.3) is 0 Å².